The highest BCUT2D eigenvalue weighted by atomic mass is 19.4. The first-order valence-corrected chi connectivity index (χ1v) is 14.4. The van der Waals surface area contributed by atoms with E-state index in [4.69, 9.17) is 18.7 Å². The molecule has 3 rings (SSSR count). The monoisotopic (exact) mass is 623 g/mol. The van der Waals surface area contributed by atoms with E-state index in [0.717, 1.165) is 18.9 Å². The third-order valence-electron chi connectivity index (χ3n) is 5.96. The van der Waals surface area contributed by atoms with Crippen LogP contribution in [0, 0.1) is 0 Å². The number of alkyl halides is 3. The molecular formula is C30H40F3N5O6. The predicted octanol–water partition coefficient (Wildman–Crippen LogP) is 7.44. The number of alkyl carbamates (subject to hydrolysis) is 1. The molecule has 1 saturated heterocycles. The number of carbonyl (C=O) groups excluding carboxylic acids is 2. The van der Waals surface area contributed by atoms with Crippen molar-refractivity contribution in [1.82, 2.24) is 20.4 Å². The first kappa shape index (κ1) is 34.4. The van der Waals surface area contributed by atoms with Crippen LogP contribution >= 0.6 is 0 Å². The highest BCUT2D eigenvalue weighted by molar-refractivity contribution is 5.99. The lowest BCUT2D eigenvalue weighted by atomic mass is 10.1. The molecule has 0 spiro atoms. The van der Waals surface area contributed by atoms with Crippen LogP contribution in [-0.2, 0) is 15.7 Å². The Labute approximate surface area is 254 Å². The largest absolute Gasteiger partial charge is 0.489 e. The van der Waals surface area contributed by atoms with E-state index >= 15 is 0 Å². The molecule has 0 saturated carbocycles. The number of guanidine groups is 1. The molecule has 0 unspecified atom stereocenters. The van der Waals surface area contributed by atoms with E-state index in [1.807, 2.05) is 13.0 Å². The highest BCUT2D eigenvalue weighted by Gasteiger charge is 2.37. The Morgan fingerprint density at radius 1 is 1.11 bits per heavy atom. The van der Waals surface area contributed by atoms with Gasteiger partial charge in [0.1, 0.15) is 29.6 Å². The SMILES string of the molecule is CCCC=CCOc1ccc(-c2noc([C@@H]3CCCN3C(=NC(=O)OC(C)(C)C)NC(=O)OC(C)(C)C)n2)cc1C(F)(F)F. The number of ether oxygens (including phenoxy) is 3. The second-order valence-electron chi connectivity index (χ2n) is 12.1. The third-order valence-corrected chi connectivity index (χ3v) is 5.96. The van der Waals surface area contributed by atoms with Gasteiger partial charge in [0.05, 0.1) is 5.56 Å². The summed E-state index contributed by atoms with van der Waals surface area (Å²) < 4.78 is 63.2. The summed E-state index contributed by atoms with van der Waals surface area (Å²) in [5, 5.41) is 6.43. The second kappa shape index (κ2) is 14.1. The van der Waals surface area contributed by atoms with Gasteiger partial charge >= 0.3 is 18.4 Å². The van der Waals surface area contributed by atoms with Gasteiger partial charge in [0.2, 0.25) is 17.7 Å². The molecule has 1 aromatic carbocycles. The molecule has 2 amide bonds. The van der Waals surface area contributed by atoms with Gasteiger partial charge in [-0.15, -0.1) is 4.99 Å². The zero-order valence-electron chi connectivity index (χ0n) is 26.1. The van der Waals surface area contributed by atoms with Gasteiger partial charge in [-0.2, -0.15) is 18.2 Å². The fraction of sp³-hybridized carbons (Fsp3) is 0.567. The van der Waals surface area contributed by atoms with Crippen LogP contribution in [0.15, 0.2) is 39.9 Å². The quantitative estimate of drug-likeness (QED) is 0.190. The maximum absolute atomic E-state index is 13.9. The number of rotatable bonds is 7. The van der Waals surface area contributed by atoms with Gasteiger partial charge in [-0.1, -0.05) is 30.7 Å². The minimum absolute atomic E-state index is 0.00316. The van der Waals surface area contributed by atoms with Crippen LogP contribution in [0.3, 0.4) is 0 Å². The minimum Gasteiger partial charge on any atom is -0.489 e. The molecule has 1 aliphatic rings. The van der Waals surface area contributed by atoms with Crippen LogP contribution in [0.25, 0.3) is 11.4 Å². The topological polar surface area (TPSA) is 128 Å². The number of carbonyl (C=O) groups is 2. The summed E-state index contributed by atoms with van der Waals surface area (Å²) in [6, 6.07) is 2.90. The number of nitrogens with one attached hydrogen (secondary N) is 1. The van der Waals surface area contributed by atoms with Crippen molar-refractivity contribution in [2.45, 2.75) is 97.6 Å². The van der Waals surface area contributed by atoms with Crippen molar-refractivity contribution in [3.05, 3.63) is 41.8 Å². The second-order valence-corrected chi connectivity index (χ2v) is 12.1. The Kier molecular flexibility index (Phi) is 11.0. The van der Waals surface area contributed by atoms with Crippen molar-refractivity contribution >= 4 is 18.1 Å². The molecule has 1 fully saturated rings. The number of aliphatic imine (C=N–C) groups is 1. The van der Waals surface area contributed by atoms with Crippen LogP contribution in [0.1, 0.15) is 91.6 Å². The van der Waals surface area contributed by atoms with Gasteiger partial charge in [0.25, 0.3) is 0 Å². The first-order chi connectivity index (χ1) is 20.5. The molecule has 2 aromatic rings. The van der Waals surface area contributed by atoms with E-state index in [1.165, 1.54) is 12.1 Å². The van der Waals surface area contributed by atoms with Crippen molar-refractivity contribution in [2.24, 2.45) is 4.99 Å². The van der Waals surface area contributed by atoms with Crippen molar-refractivity contribution < 1.29 is 41.5 Å². The standard InChI is InChI=1S/C30H40F3N5O6/c1-8-9-10-11-17-41-22-15-14-19(18-20(22)30(31,32)33)23-34-24(44-37-23)21-13-12-16-38(21)25(35-26(39)42-28(2,3)4)36-27(40)43-29(5,6)7/h10-11,14-15,18,21H,8-9,12-13,16-17H2,1-7H3,(H,35,36,39,40)/t21-/m0/s1. The predicted molar refractivity (Wildman–Crippen MR) is 156 cm³/mol. The molecule has 1 N–H and O–H groups in total. The Morgan fingerprint density at radius 3 is 2.45 bits per heavy atom. The maximum Gasteiger partial charge on any atom is 0.437 e. The lowest BCUT2D eigenvalue weighted by Gasteiger charge is -2.27. The molecule has 0 radical (unpaired) electrons. The number of benzene rings is 1. The first-order valence-electron chi connectivity index (χ1n) is 14.4. The molecular weight excluding hydrogens is 583 g/mol. The van der Waals surface area contributed by atoms with Crippen LogP contribution in [0.2, 0.25) is 0 Å². The average molecular weight is 624 g/mol. The number of hydrogen-bond donors (Lipinski definition) is 1. The molecule has 1 aliphatic heterocycles. The Morgan fingerprint density at radius 2 is 1.82 bits per heavy atom. The number of hydrogen-bond acceptors (Lipinski definition) is 8. The van der Waals surface area contributed by atoms with Crippen LogP contribution in [-0.4, -0.2) is 57.5 Å². The van der Waals surface area contributed by atoms with E-state index in [0.29, 0.717) is 19.4 Å². The number of likely N-dealkylation sites (tertiary alicyclic amines) is 1. The minimum atomic E-state index is -4.69. The van der Waals surface area contributed by atoms with Gasteiger partial charge in [-0.05, 0) is 79.0 Å². The molecule has 14 heteroatoms. The van der Waals surface area contributed by atoms with Gasteiger partial charge in [-0.25, -0.2) is 9.59 Å². The summed E-state index contributed by atoms with van der Waals surface area (Å²) in [7, 11) is 0. The molecule has 2 heterocycles. The third kappa shape index (κ3) is 10.3. The van der Waals surface area contributed by atoms with Crippen LogP contribution in [0.4, 0.5) is 22.8 Å². The van der Waals surface area contributed by atoms with Crippen molar-refractivity contribution in [3.8, 4) is 17.1 Å². The number of halogens is 3. The number of nitrogens with zero attached hydrogens (tertiary/aromatic N) is 4. The average Bonchev–Trinajstić information content (AvgIpc) is 3.55. The summed E-state index contributed by atoms with van der Waals surface area (Å²) >= 11 is 0. The summed E-state index contributed by atoms with van der Waals surface area (Å²) in [6.07, 6.45) is -0.160. The van der Waals surface area contributed by atoms with E-state index in [1.54, 1.807) is 52.5 Å². The van der Waals surface area contributed by atoms with E-state index in [-0.39, 0.29) is 35.6 Å². The summed E-state index contributed by atoms with van der Waals surface area (Å²) in [6.45, 7) is 12.4. The van der Waals surface area contributed by atoms with Crippen LogP contribution < -0.4 is 10.1 Å². The van der Waals surface area contributed by atoms with Crippen molar-refractivity contribution in [2.75, 3.05) is 13.2 Å². The number of allylic oxidation sites excluding steroid dienone is 1. The molecule has 0 bridgehead atoms. The zero-order valence-corrected chi connectivity index (χ0v) is 26.1. The fourth-order valence-corrected chi connectivity index (χ4v) is 4.20. The lowest BCUT2D eigenvalue weighted by molar-refractivity contribution is -0.138. The number of unbranched alkanes of at least 4 members (excludes halogenated alkanes) is 1. The number of amides is 2. The van der Waals surface area contributed by atoms with Crippen molar-refractivity contribution in [3.63, 3.8) is 0 Å². The van der Waals surface area contributed by atoms with Gasteiger partial charge in [0.15, 0.2) is 0 Å². The zero-order chi connectivity index (χ0) is 32.7. The van der Waals surface area contributed by atoms with E-state index in [9.17, 15) is 22.8 Å². The van der Waals surface area contributed by atoms with Gasteiger partial charge in [-0.3, -0.25) is 5.32 Å². The smallest absolute Gasteiger partial charge is 0.437 e. The Balaban J connectivity index is 1.89. The highest BCUT2D eigenvalue weighted by Crippen LogP contribution is 2.39. The summed E-state index contributed by atoms with van der Waals surface area (Å²) in [5.74, 6) is -0.471. The molecule has 242 valence electrons. The van der Waals surface area contributed by atoms with Crippen LogP contribution in [0.5, 0.6) is 5.75 Å². The molecule has 11 nitrogen and oxygen atoms in total. The maximum atomic E-state index is 13.9. The normalized spacial score (nSPS) is 16.4. The Hall–Kier alpha value is -4.10. The molecule has 1 aromatic heterocycles. The molecule has 44 heavy (non-hydrogen) atoms. The summed E-state index contributed by atoms with van der Waals surface area (Å²) in [4.78, 5) is 35.1. The fourth-order valence-electron chi connectivity index (χ4n) is 4.20. The summed E-state index contributed by atoms with van der Waals surface area (Å²) in [5.41, 5.74) is -2.57. The van der Waals surface area contributed by atoms with E-state index < -0.39 is 41.2 Å². The Bertz CT molecular complexity index is 1360. The van der Waals surface area contributed by atoms with Gasteiger partial charge < -0.3 is 23.6 Å². The lowest BCUT2D eigenvalue weighted by Crippen LogP contribution is -2.46. The van der Waals surface area contributed by atoms with E-state index in [2.05, 4.69) is 20.4 Å². The molecule has 0 aliphatic carbocycles. The van der Waals surface area contributed by atoms with Crippen molar-refractivity contribution in [1.29, 1.82) is 0 Å². The number of aromatic nitrogens is 2. The van der Waals surface area contributed by atoms with Gasteiger partial charge in [0, 0.05) is 12.1 Å². The molecule has 1 atom stereocenters.